The number of carbonyl (C=O) groups excluding carboxylic acids is 1. The fraction of sp³-hybridized carbons (Fsp3) is 0.257. The van der Waals surface area contributed by atoms with Gasteiger partial charge in [0.1, 0.15) is 17.2 Å². The number of amides is 1. The number of para-hydroxylation sites is 1. The summed E-state index contributed by atoms with van der Waals surface area (Å²) in [4.78, 5) is 19.5. The van der Waals surface area contributed by atoms with Crippen LogP contribution < -0.4 is 19.5 Å². The molecule has 0 saturated heterocycles. The highest BCUT2D eigenvalue weighted by molar-refractivity contribution is 6.01. The molecule has 4 aromatic carbocycles. The van der Waals surface area contributed by atoms with Gasteiger partial charge in [0.2, 0.25) is 5.90 Å². The topological polar surface area (TPSA) is 98.6 Å². The number of aliphatic hydroxyl groups is 1. The zero-order valence-corrected chi connectivity index (χ0v) is 24.4. The van der Waals surface area contributed by atoms with E-state index >= 15 is 0 Å². The Morgan fingerprint density at radius 3 is 2.42 bits per heavy atom. The summed E-state index contributed by atoms with van der Waals surface area (Å²) in [6.07, 6.45) is 0.112. The second kappa shape index (κ2) is 13.9. The number of nitrogens with zero attached hydrogens (tertiary/aromatic N) is 1. The van der Waals surface area contributed by atoms with Crippen LogP contribution in [0.25, 0.3) is 0 Å². The van der Waals surface area contributed by atoms with Crippen LogP contribution in [0.4, 0.5) is 0 Å². The molecule has 4 aromatic rings. The standard InChI is InChI=1S/C35H36N2O6/c1-40-30-14-8-13-27(22-30)32-35(23-25-10-4-3-5-11-25,34(39)36-24-28-12-6-7-15-31(28)41-2)37-33(43-32)26-16-18-29(19-17-26)42-21-9-20-38/h3-8,10-19,22,32,38H,9,20-21,23-24H2,1-2H3,(H,36,39)/t32-,35-/m1/s1. The third kappa shape index (κ3) is 6.81. The summed E-state index contributed by atoms with van der Waals surface area (Å²) in [6, 6.07) is 32.4. The van der Waals surface area contributed by atoms with Gasteiger partial charge in [0, 0.05) is 37.1 Å². The number of hydrogen-bond acceptors (Lipinski definition) is 7. The van der Waals surface area contributed by atoms with Crippen molar-refractivity contribution in [1.82, 2.24) is 5.32 Å². The number of rotatable bonds is 13. The summed E-state index contributed by atoms with van der Waals surface area (Å²) in [7, 11) is 3.22. The fourth-order valence-corrected chi connectivity index (χ4v) is 5.17. The molecule has 0 radical (unpaired) electrons. The van der Waals surface area contributed by atoms with Crippen molar-refractivity contribution in [3.63, 3.8) is 0 Å². The van der Waals surface area contributed by atoms with Gasteiger partial charge in [0.15, 0.2) is 11.6 Å². The SMILES string of the molecule is COc1cccc([C@H]2OC(c3ccc(OCCCO)cc3)=N[C@@]2(Cc2ccccc2)C(=O)NCc2ccccc2OC)c1. The Bertz CT molecular complexity index is 1540. The summed E-state index contributed by atoms with van der Waals surface area (Å²) in [6.45, 7) is 0.740. The van der Waals surface area contributed by atoms with Crippen molar-refractivity contribution in [2.24, 2.45) is 4.99 Å². The Labute approximate surface area is 251 Å². The number of carbonyl (C=O) groups is 1. The molecule has 0 bridgehead atoms. The van der Waals surface area contributed by atoms with Crippen LogP contribution >= 0.6 is 0 Å². The summed E-state index contributed by atoms with van der Waals surface area (Å²) >= 11 is 0. The zero-order valence-electron chi connectivity index (χ0n) is 24.4. The average molecular weight is 581 g/mol. The van der Waals surface area contributed by atoms with E-state index in [0.29, 0.717) is 42.6 Å². The van der Waals surface area contributed by atoms with Gasteiger partial charge >= 0.3 is 0 Å². The first kappa shape index (κ1) is 29.7. The number of hydrogen-bond donors (Lipinski definition) is 2. The van der Waals surface area contributed by atoms with Crippen molar-refractivity contribution < 1.29 is 28.8 Å². The zero-order chi connectivity index (χ0) is 30.1. The first-order valence-corrected chi connectivity index (χ1v) is 14.2. The first-order chi connectivity index (χ1) is 21.1. The van der Waals surface area contributed by atoms with Gasteiger partial charge in [-0.2, -0.15) is 0 Å². The molecule has 222 valence electrons. The molecular weight excluding hydrogens is 544 g/mol. The summed E-state index contributed by atoms with van der Waals surface area (Å²) in [5.41, 5.74) is 1.96. The van der Waals surface area contributed by atoms with E-state index in [1.165, 1.54) is 0 Å². The van der Waals surface area contributed by atoms with Crippen LogP contribution in [0, 0.1) is 0 Å². The van der Waals surface area contributed by atoms with E-state index in [4.69, 9.17) is 29.0 Å². The van der Waals surface area contributed by atoms with Crippen molar-refractivity contribution in [3.05, 3.63) is 125 Å². The predicted molar refractivity (Wildman–Crippen MR) is 165 cm³/mol. The quantitative estimate of drug-likeness (QED) is 0.209. The summed E-state index contributed by atoms with van der Waals surface area (Å²) in [5.74, 6) is 2.11. The molecule has 1 aliphatic rings. The third-order valence-corrected chi connectivity index (χ3v) is 7.37. The second-order valence-electron chi connectivity index (χ2n) is 10.2. The van der Waals surface area contributed by atoms with Gasteiger partial charge < -0.3 is 29.4 Å². The second-order valence-corrected chi connectivity index (χ2v) is 10.2. The lowest BCUT2D eigenvalue weighted by molar-refractivity contribution is -0.129. The van der Waals surface area contributed by atoms with Crippen molar-refractivity contribution >= 4 is 11.8 Å². The first-order valence-electron chi connectivity index (χ1n) is 14.2. The molecule has 8 nitrogen and oxygen atoms in total. The lowest BCUT2D eigenvalue weighted by Gasteiger charge is -2.31. The van der Waals surface area contributed by atoms with Gasteiger partial charge in [-0.05, 0) is 53.6 Å². The minimum Gasteiger partial charge on any atom is -0.497 e. The van der Waals surface area contributed by atoms with Crippen LogP contribution in [-0.4, -0.2) is 49.9 Å². The molecule has 1 amide bonds. The minimum absolute atomic E-state index is 0.0665. The molecule has 0 unspecified atom stereocenters. The molecule has 0 aromatic heterocycles. The molecule has 0 aliphatic carbocycles. The van der Waals surface area contributed by atoms with Crippen LogP contribution in [0.15, 0.2) is 108 Å². The Kier molecular flexibility index (Phi) is 9.59. The number of aliphatic hydroxyl groups excluding tert-OH is 1. The molecule has 1 heterocycles. The average Bonchev–Trinajstić information content (AvgIpc) is 3.45. The van der Waals surface area contributed by atoms with E-state index in [2.05, 4.69) is 5.32 Å². The Hall–Kier alpha value is -4.82. The summed E-state index contributed by atoms with van der Waals surface area (Å²) in [5, 5.41) is 12.2. The van der Waals surface area contributed by atoms with Gasteiger partial charge in [-0.25, -0.2) is 4.99 Å². The van der Waals surface area contributed by atoms with Crippen LogP contribution in [0.2, 0.25) is 0 Å². The molecule has 5 rings (SSSR count). The lowest BCUT2D eigenvalue weighted by Crippen LogP contribution is -2.49. The van der Waals surface area contributed by atoms with Gasteiger partial charge in [-0.15, -0.1) is 0 Å². The van der Waals surface area contributed by atoms with Crippen LogP contribution in [-0.2, 0) is 22.5 Å². The van der Waals surface area contributed by atoms with E-state index in [1.807, 2.05) is 103 Å². The predicted octanol–water partition coefficient (Wildman–Crippen LogP) is 5.28. The normalized spacial score (nSPS) is 17.5. The molecule has 2 N–H and O–H groups in total. The highest BCUT2D eigenvalue weighted by Crippen LogP contribution is 2.43. The smallest absolute Gasteiger partial charge is 0.252 e. The molecule has 43 heavy (non-hydrogen) atoms. The largest absolute Gasteiger partial charge is 0.497 e. The number of methoxy groups -OCH3 is 2. The van der Waals surface area contributed by atoms with E-state index < -0.39 is 11.6 Å². The molecule has 8 heteroatoms. The van der Waals surface area contributed by atoms with Gasteiger partial charge in [0.05, 0.1) is 20.8 Å². The number of ether oxygens (including phenoxy) is 4. The van der Waals surface area contributed by atoms with Crippen LogP contribution in [0.3, 0.4) is 0 Å². The van der Waals surface area contributed by atoms with E-state index in [-0.39, 0.29) is 19.1 Å². The van der Waals surface area contributed by atoms with E-state index in [0.717, 1.165) is 22.3 Å². The highest BCUT2D eigenvalue weighted by Gasteiger charge is 2.53. The van der Waals surface area contributed by atoms with Gasteiger partial charge in [-0.1, -0.05) is 60.7 Å². The number of nitrogens with one attached hydrogen (secondary N) is 1. The third-order valence-electron chi connectivity index (χ3n) is 7.37. The maximum absolute atomic E-state index is 14.4. The molecule has 1 aliphatic heterocycles. The molecule has 0 spiro atoms. The number of aliphatic imine (C=N–C) groups is 1. The van der Waals surface area contributed by atoms with Crippen molar-refractivity contribution in [3.8, 4) is 17.2 Å². The Balaban J connectivity index is 1.56. The lowest BCUT2D eigenvalue weighted by atomic mass is 9.82. The molecule has 2 atom stereocenters. The number of benzene rings is 4. The fourth-order valence-electron chi connectivity index (χ4n) is 5.17. The Morgan fingerprint density at radius 1 is 0.907 bits per heavy atom. The van der Waals surface area contributed by atoms with Crippen molar-refractivity contribution in [2.75, 3.05) is 27.4 Å². The van der Waals surface area contributed by atoms with Crippen LogP contribution in [0.5, 0.6) is 17.2 Å². The minimum atomic E-state index is -1.33. The Morgan fingerprint density at radius 2 is 1.67 bits per heavy atom. The maximum atomic E-state index is 14.4. The van der Waals surface area contributed by atoms with Gasteiger partial charge in [-0.3, -0.25) is 4.79 Å². The molecule has 0 fully saturated rings. The maximum Gasteiger partial charge on any atom is 0.252 e. The van der Waals surface area contributed by atoms with E-state index in [9.17, 15) is 4.79 Å². The summed E-state index contributed by atoms with van der Waals surface area (Å²) < 4.78 is 23.4. The van der Waals surface area contributed by atoms with Crippen molar-refractivity contribution in [1.29, 1.82) is 0 Å². The molecule has 0 saturated carbocycles. The monoisotopic (exact) mass is 580 g/mol. The molecular formula is C35H36N2O6. The van der Waals surface area contributed by atoms with Crippen LogP contribution in [0.1, 0.15) is 34.8 Å². The van der Waals surface area contributed by atoms with Crippen molar-refractivity contribution in [2.45, 2.75) is 31.0 Å². The van der Waals surface area contributed by atoms with Gasteiger partial charge in [0.25, 0.3) is 5.91 Å². The highest BCUT2D eigenvalue weighted by atomic mass is 16.5. The van der Waals surface area contributed by atoms with E-state index in [1.54, 1.807) is 14.2 Å².